The molecule has 4 heteroatoms. The highest BCUT2D eigenvalue weighted by Gasteiger charge is 2.27. The quantitative estimate of drug-likeness (QED) is 0.357. The lowest BCUT2D eigenvalue weighted by atomic mass is 9.95. The highest BCUT2D eigenvalue weighted by molar-refractivity contribution is 6.32. The minimum Gasteiger partial charge on any atom is -0.459 e. The molecule has 0 aliphatic heterocycles. The Kier molecular flexibility index (Phi) is 13.7. The highest BCUT2D eigenvalue weighted by atomic mass is 16.5. The lowest BCUT2D eigenvalue weighted by Crippen LogP contribution is -2.43. The van der Waals surface area contributed by atoms with Crippen molar-refractivity contribution in [2.75, 3.05) is 19.7 Å². The molecule has 0 spiro atoms. The van der Waals surface area contributed by atoms with Gasteiger partial charge in [-0.15, -0.1) is 0 Å². The van der Waals surface area contributed by atoms with Crippen LogP contribution in [0.4, 0.5) is 0 Å². The van der Waals surface area contributed by atoms with Gasteiger partial charge in [0.05, 0.1) is 6.61 Å². The fourth-order valence-corrected chi connectivity index (χ4v) is 3.02. The number of carbonyl (C=O) groups is 2. The van der Waals surface area contributed by atoms with E-state index < -0.39 is 11.9 Å². The second kappa shape index (κ2) is 14.3. The molecule has 0 fully saturated rings. The third-order valence-electron chi connectivity index (χ3n) is 4.78. The van der Waals surface area contributed by atoms with Crippen LogP contribution in [0.2, 0.25) is 0 Å². The number of hydrogen-bond acceptors (Lipinski definition) is 3. The Balaban J connectivity index is 4.97. The van der Waals surface area contributed by atoms with Gasteiger partial charge in [-0.25, -0.2) is 4.79 Å². The molecule has 0 bridgehead atoms. The fourth-order valence-electron chi connectivity index (χ4n) is 3.02. The first kappa shape index (κ1) is 22.9. The lowest BCUT2D eigenvalue weighted by Gasteiger charge is -2.30. The number of unbranched alkanes of at least 4 members (excludes halogenated alkanes) is 2. The lowest BCUT2D eigenvalue weighted by molar-refractivity contribution is -0.160. The van der Waals surface area contributed by atoms with Gasteiger partial charge in [0.1, 0.15) is 0 Å². The number of rotatable bonds is 13. The molecule has 2 unspecified atom stereocenters. The SMILES string of the molecule is CCCCC(CC)CN(CC(CC)CCCC)C(=O)C(=O)OCC. The zero-order valence-corrected chi connectivity index (χ0v) is 16.6. The Bertz CT molecular complexity index is 326. The largest absolute Gasteiger partial charge is 0.459 e. The zero-order chi connectivity index (χ0) is 18.4. The summed E-state index contributed by atoms with van der Waals surface area (Å²) in [4.78, 5) is 26.2. The van der Waals surface area contributed by atoms with Gasteiger partial charge < -0.3 is 9.64 Å². The van der Waals surface area contributed by atoms with Crippen LogP contribution in [0.5, 0.6) is 0 Å². The molecular weight excluding hydrogens is 302 g/mol. The van der Waals surface area contributed by atoms with Gasteiger partial charge in [0, 0.05) is 13.1 Å². The Hall–Kier alpha value is -1.06. The summed E-state index contributed by atoms with van der Waals surface area (Å²) >= 11 is 0. The number of esters is 1. The van der Waals surface area contributed by atoms with Gasteiger partial charge in [-0.05, 0) is 31.6 Å². The summed E-state index contributed by atoms with van der Waals surface area (Å²) in [7, 11) is 0. The predicted molar refractivity (Wildman–Crippen MR) is 99.8 cm³/mol. The van der Waals surface area contributed by atoms with Crippen LogP contribution in [-0.4, -0.2) is 36.5 Å². The third-order valence-corrected chi connectivity index (χ3v) is 4.78. The molecule has 0 aliphatic carbocycles. The van der Waals surface area contributed by atoms with E-state index in [1.165, 1.54) is 12.8 Å². The molecule has 142 valence electrons. The monoisotopic (exact) mass is 341 g/mol. The van der Waals surface area contributed by atoms with Crippen molar-refractivity contribution in [2.24, 2.45) is 11.8 Å². The summed E-state index contributed by atoms with van der Waals surface area (Å²) in [6, 6.07) is 0. The maximum Gasteiger partial charge on any atom is 0.397 e. The molecule has 0 saturated carbocycles. The Labute approximate surface area is 149 Å². The minimum absolute atomic E-state index is 0.249. The van der Waals surface area contributed by atoms with Crippen molar-refractivity contribution in [3.63, 3.8) is 0 Å². The second-order valence-corrected chi connectivity index (χ2v) is 6.76. The molecule has 0 N–H and O–H groups in total. The highest BCUT2D eigenvalue weighted by Crippen LogP contribution is 2.19. The van der Waals surface area contributed by atoms with Crippen LogP contribution in [0.1, 0.15) is 86.0 Å². The molecule has 0 aromatic rings. The van der Waals surface area contributed by atoms with Gasteiger partial charge in [-0.1, -0.05) is 66.2 Å². The molecule has 0 heterocycles. The van der Waals surface area contributed by atoms with Crippen LogP contribution in [-0.2, 0) is 14.3 Å². The van der Waals surface area contributed by atoms with Crippen molar-refractivity contribution in [1.82, 2.24) is 4.90 Å². The molecule has 0 aromatic heterocycles. The van der Waals surface area contributed by atoms with E-state index in [0.29, 0.717) is 24.9 Å². The number of carbonyl (C=O) groups excluding carboxylic acids is 2. The number of hydrogen-bond donors (Lipinski definition) is 0. The smallest absolute Gasteiger partial charge is 0.397 e. The third kappa shape index (κ3) is 9.29. The minimum atomic E-state index is -0.701. The van der Waals surface area contributed by atoms with Crippen LogP contribution in [0.3, 0.4) is 0 Å². The predicted octanol–water partition coefficient (Wildman–Crippen LogP) is 4.81. The summed E-state index contributed by atoms with van der Waals surface area (Å²) in [6.07, 6.45) is 8.99. The molecule has 0 rings (SSSR count). The van der Waals surface area contributed by atoms with Gasteiger partial charge in [-0.2, -0.15) is 0 Å². The van der Waals surface area contributed by atoms with Crippen molar-refractivity contribution in [3.8, 4) is 0 Å². The summed E-state index contributed by atoms with van der Waals surface area (Å²) in [5.41, 5.74) is 0. The molecule has 0 aliphatic rings. The van der Waals surface area contributed by atoms with Crippen LogP contribution < -0.4 is 0 Å². The number of ether oxygens (including phenoxy) is 1. The summed E-state index contributed by atoms with van der Waals surface area (Å²) in [5, 5.41) is 0. The normalized spacial score (nSPS) is 13.4. The van der Waals surface area contributed by atoms with Crippen molar-refractivity contribution in [2.45, 2.75) is 86.0 Å². The summed E-state index contributed by atoms with van der Waals surface area (Å²) in [6.45, 7) is 12.1. The summed E-state index contributed by atoms with van der Waals surface area (Å²) < 4.78 is 4.95. The molecule has 0 radical (unpaired) electrons. The molecule has 24 heavy (non-hydrogen) atoms. The fraction of sp³-hybridized carbons (Fsp3) is 0.900. The molecular formula is C20H39NO3. The van der Waals surface area contributed by atoms with Crippen LogP contribution in [0, 0.1) is 11.8 Å². The molecule has 0 saturated heterocycles. The van der Waals surface area contributed by atoms with Crippen LogP contribution in [0.25, 0.3) is 0 Å². The van der Waals surface area contributed by atoms with Gasteiger partial charge in [0.15, 0.2) is 0 Å². The van der Waals surface area contributed by atoms with Gasteiger partial charge in [0.2, 0.25) is 0 Å². The first-order valence-corrected chi connectivity index (χ1v) is 9.99. The maximum absolute atomic E-state index is 12.5. The molecule has 4 nitrogen and oxygen atoms in total. The maximum atomic E-state index is 12.5. The van der Waals surface area contributed by atoms with Gasteiger partial charge in [-0.3, -0.25) is 4.79 Å². The first-order chi connectivity index (χ1) is 11.5. The molecule has 2 atom stereocenters. The van der Waals surface area contributed by atoms with E-state index in [9.17, 15) is 9.59 Å². The second-order valence-electron chi connectivity index (χ2n) is 6.76. The topological polar surface area (TPSA) is 46.6 Å². The van der Waals surface area contributed by atoms with Gasteiger partial charge >= 0.3 is 11.9 Å². The Morgan fingerprint density at radius 2 is 1.29 bits per heavy atom. The van der Waals surface area contributed by atoms with Crippen molar-refractivity contribution < 1.29 is 14.3 Å². The Morgan fingerprint density at radius 3 is 1.62 bits per heavy atom. The Morgan fingerprint density at radius 1 is 0.833 bits per heavy atom. The van der Waals surface area contributed by atoms with Crippen molar-refractivity contribution in [1.29, 1.82) is 0 Å². The van der Waals surface area contributed by atoms with Gasteiger partial charge in [0.25, 0.3) is 0 Å². The van der Waals surface area contributed by atoms with E-state index in [2.05, 4.69) is 27.7 Å². The average Bonchev–Trinajstić information content (AvgIpc) is 2.60. The number of amides is 1. The van der Waals surface area contributed by atoms with E-state index in [-0.39, 0.29) is 6.61 Å². The van der Waals surface area contributed by atoms with Crippen molar-refractivity contribution >= 4 is 11.9 Å². The zero-order valence-electron chi connectivity index (χ0n) is 16.6. The summed E-state index contributed by atoms with van der Waals surface area (Å²) in [5.74, 6) is -0.228. The van der Waals surface area contributed by atoms with E-state index in [1.807, 2.05) is 0 Å². The van der Waals surface area contributed by atoms with Crippen LogP contribution >= 0.6 is 0 Å². The van der Waals surface area contributed by atoms with E-state index in [4.69, 9.17) is 4.74 Å². The standard InChI is InChI=1S/C20H39NO3/c1-6-11-13-17(8-3)15-21(19(22)20(23)24-10-5)16-18(9-4)14-12-7-2/h17-18H,6-16H2,1-5H3. The van der Waals surface area contributed by atoms with E-state index in [1.54, 1.807) is 11.8 Å². The average molecular weight is 342 g/mol. The first-order valence-electron chi connectivity index (χ1n) is 9.99. The van der Waals surface area contributed by atoms with Crippen molar-refractivity contribution in [3.05, 3.63) is 0 Å². The number of nitrogens with zero attached hydrogens (tertiary/aromatic N) is 1. The molecule has 1 amide bonds. The van der Waals surface area contributed by atoms with E-state index >= 15 is 0 Å². The molecule has 0 aromatic carbocycles. The van der Waals surface area contributed by atoms with Crippen LogP contribution in [0.15, 0.2) is 0 Å². The van der Waals surface area contributed by atoms with E-state index in [0.717, 1.165) is 38.5 Å².